The van der Waals surface area contributed by atoms with Crippen molar-refractivity contribution < 1.29 is 23.9 Å². The molecular weight excluding hydrogens is 386 g/mol. The summed E-state index contributed by atoms with van der Waals surface area (Å²) in [5.41, 5.74) is 1.21. The van der Waals surface area contributed by atoms with Gasteiger partial charge in [-0.05, 0) is 31.1 Å². The number of aromatic nitrogens is 2. The van der Waals surface area contributed by atoms with E-state index in [1.807, 2.05) is 12.1 Å². The van der Waals surface area contributed by atoms with E-state index in [0.717, 1.165) is 0 Å². The van der Waals surface area contributed by atoms with Crippen LogP contribution < -0.4 is 0 Å². The molecule has 1 fully saturated rings. The van der Waals surface area contributed by atoms with Crippen LogP contribution in [0.15, 0.2) is 30.5 Å². The zero-order valence-corrected chi connectivity index (χ0v) is 16.1. The molecule has 8 nitrogen and oxygen atoms in total. The maximum Gasteiger partial charge on any atom is 0.331 e. The first-order chi connectivity index (χ1) is 13.5. The van der Waals surface area contributed by atoms with Gasteiger partial charge in [-0.2, -0.15) is 0 Å². The molecule has 9 heteroatoms. The number of hydrogen-bond acceptors (Lipinski definition) is 6. The highest BCUT2D eigenvalue weighted by molar-refractivity contribution is 6.31. The maximum absolute atomic E-state index is 12.2. The summed E-state index contributed by atoms with van der Waals surface area (Å²) in [5, 5.41) is 0.264. The van der Waals surface area contributed by atoms with E-state index in [9.17, 15) is 14.4 Å². The Balaban J connectivity index is 1.50. The molecule has 0 bridgehead atoms. The monoisotopic (exact) mass is 405 g/mol. The number of amides is 1. The van der Waals surface area contributed by atoms with Crippen LogP contribution in [-0.2, 0) is 23.9 Å². The minimum absolute atomic E-state index is 0.185. The molecule has 28 heavy (non-hydrogen) atoms. The van der Waals surface area contributed by atoms with Crippen LogP contribution in [0.25, 0.3) is 11.7 Å². The van der Waals surface area contributed by atoms with Crippen LogP contribution in [0.2, 0.25) is 5.15 Å². The molecule has 148 valence electrons. The molecule has 3 heterocycles. The quantitative estimate of drug-likeness (QED) is 0.558. The lowest BCUT2D eigenvalue weighted by atomic mass is 9.97. The summed E-state index contributed by atoms with van der Waals surface area (Å²) in [4.78, 5) is 41.4. The van der Waals surface area contributed by atoms with Gasteiger partial charge in [-0.15, -0.1) is 0 Å². The number of imidazole rings is 1. The van der Waals surface area contributed by atoms with Gasteiger partial charge in [0.1, 0.15) is 5.65 Å². The molecule has 1 saturated heterocycles. The predicted molar refractivity (Wildman–Crippen MR) is 102 cm³/mol. The van der Waals surface area contributed by atoms with Gasteiger partial charge in [-0.25, -0.2) is 9.78 Å². The Morgan fingerprint density at radius 3 is 2.75 bits per heavy atom. The van der Waals surface area contributed by atoms with Crippen LogP contribution in [0.3, 0.4) is 0 Å². The van der Waals surface area contributed by atoms with E-state index in [2.05, 4.69) is 4.98 Å². The van der Waals surface area contributed by atoms with Crippen LogP contribution in [0.1, 0.15) is 18.5 Å². The van der Waals surface area contributed by atoms with Gasteiger partial charge in [0.2, 0.25) is 0 Å². The van der Waals surface area contributed by atoms with Crippen LogP contribution >= 0.6 is 11.6 Å². The average Bonchev–Trinajstić information content (AvgIpc) is 3.04. The molecule has 0 unspecified atom stereocenters. The molecule has 0 saturated carbocycles. The van der Waals surface area contributed by atoms with Crippen molar-refractivity contribution in [3.8, 4) is 0 Å². The molecule has 0 radical (unpaired) electrons. The van der Waals surface area contributed by atoms with Gasteiger partial charge in [-0.3, -0.25) is 14.0 Å². The first kappa shape index (κ1) is 19.9. The third kappa shape index (κ3) is 4.51. The van der Waals surface area contributed by atoms with Crippen LogP contribution in [0.4, 0.5) is 0 Å². The topological polar surface area (TPSA) is 90.2 Å². The van der Waals surface area contributed by atoms with E-state index in [1.165, 1.54) is 19.3 Å². The summed E-state index contributed by atoms with van der Waals surface area (Å²) in [7, 11) is 1.35. The molecular formula is C19H20ClN3O5. The van der Waals surface area contributed by atoms with Crippen LogP contribution in [0, 0.1) is 5.92 Å². The normalized spacial score (nSPS) is 15.1. The van der Waals surface area contributed by atoms with E-state index in [4.69, 9.17) is 21.1 Å². The van der Waals surface area contributed by atoms with Gasteiger partial charge in [0.25, 0.3) is 5.91 Å². The fourth-order valence-corrected chi connectivity index (χ4v) is 3.33. The summed E-state index contributed by atoms with van der Waals surface area (Å²) < 4.78 is 11.5. The Hall–Kier alpha value is -2.87. The van der Waals surface area contributed by atoms with Crippen LogP contribution in [0.5, 0.6) is 0 Å². The molecule has 1 aliphatic rings. The molecule has 0 N–H and O–H groups in total. The lowest BCUT2D eigenvalue weighted by molar-refractivity contribution is -0.151. The number of ether oxygens (including phenoxy) is 2. The number of piperidine rings is 1. The molecule has 1 aliphatic heterocycles. The number of esters is 2. The molecule has 3 rings (SSSR count). The van der Waals surface area contributed by atoms with Gasteiger partial charge in [0.15, 0.2) is 11.8 Å². The number of fused-ring (bicyclic) bond motifs is 1. The summed E-state index contributed by atoms with van der Waals surface area (Å²) >= 11 is 6.10. The van der Waals surface area contributed by atoms with Crippen molar-refractivity contribution in [2.45, 2.75) is 12.8 Å². The van der Waals surface area contributed by atoms with E-state index < -0.39 is 5.97 Å². The first-order valence-corrected chi connectivity index (χ1v) is 9.20. The average molecular weight is 406 g/mol. The van der Waals surface area contributed by atoms with E-state index in [1.54, 1.807) is 21.6 Å². The largest absolute Gasteiger partial charge is 0.469 e. The molecule has 2 aromatic heterocycles. The molecule has 1 amide bonds. The predicted octanol–water partition coefficient (Wildman–Crippen LogP) is 1.96. The lowest BCUT2D eigenvalue weighted by Gasteiger charge is -2.30. The highest BCUT2D eigenvalue weighted by Gasteiger charge is 2.28. The number of methoxy groups -OCH3 is 1. The van der Waals surface area contributed by atoms with Crippen LogP contribution in [-0.4, -0.2) is 58.9 Å². The zero-order valence-electron chi connectivity index (χ0n) is 15.3. The van der Waals surface area contributed by atoms with Crippen molar-refractivity contribution in [2.75, 3.05) is 26.8 Å². The van der Waals surface area contributed by atoms with E-state index in [-0.39, 0.29) is 29.6 Å². The third-order valence-electron chi connectivity index (χ3n) is 4.62. The zero-order chi connectivity index (χ0) is 20.1. The lowest BCUT2D eigenvalue weighted by Crippen LogP contribution is -2.42. The van der Waals surface area contributed by atoms with Crippen molar-refractivity contribution >= 4 is 41.2 Å². The number of carbonyl (C=O) groups excluding carboxylic acids is 3. The summed E-state index contributed by atoms with van der Waals surface area (Å²) in [6, 6.07) is 5.45. The van der Waals surface area contributed by atoms with Gasteiger partial charge >= 0.3 is 11.9 Å². The highest BCUT2D eigenvalue weighted by Crippen LogP contribution is 2.20. The third-order valence-corrected chi connectivity index (χ3v) is 4.90. The Morgan fingerprint density at radius 2 is 2.04 bits per heavy atom. The Labute approximate surface area is 166 Å². The SMILES string of the molecule is COC(=O)C1CCN(C(=O)COC(=O)/C=C/c2c(Cl)nc3ccccn23)CC1. The summed E-state index contributed by atoms with van der Waals surface area (Å²) in [5.74, 6) is -1.39. The second-order valence-corrected chi connectivity index (χ2v) is 6.69. The van der Waals surface area contributed by atoms with Crippen molar-refractivity contribution in [1.29, 1.82) is 0 Å². The molecule has 0 aromatic carbocycles. The Morgan fingerprint density at radius 1 is 1.29 bits per heavy atom. The van der Waals surface area contributed by atoms with Crippen molar-refractivity contribution in [2.24, 2.45) is 5.92 Å². The number of rotatable bonds is 5. The summed E-state index contributed by atoms with van der Waals surface area (Å²) in [6.45, 7) is 0.514. The van der Waals surface area contributed by atoms with Gasteiger partial charge in [0.05, 0.1) is 18.7 Å². The maximum atomic E-state index is 12.2. The number of likely N-dealkylation sites (tertiary alicyclic amines) is 1. The first-order valence-electron chi connectivity index (χ1n) is 8.82. The van der Waals surface area contributed by atoms with Crippen molar-refractivity contribution in [1.82, 2.24) is 14.3 Å². The van der Waals surface area contributed by atoms with E-state index >= 15 is 0 Å². The fraction of sp³-hybridized carbons (Fsp3) is 0.368. The number of carbonyl (C=O) groups is 3. The molecule has 0 spiro atoms. The Kier molecular flexibility index (Phi) is 6.30. The fourth-order valence-electron chi connectivity index (χ4n) is 3.09. The number of hydrogen-bond donors (Lipinski definition) is 0. The van der Waals surface area contributed by atoms with Crippen molar-refractivity contribution in [3.05, 3.63) is 41.3 Å². The standard InChI is InChI=1S/C19H20ClN3O5/c1-27-19(26)13-7-10-22(11-8-13)16(24)12-28-17(25)6-5-14-18(20)21-15-4-2-3-9-23(14)15/h2-6,9,13H,7-8,10-12H2,1H3/b6-5+. The second kappa shape index (κ2) is 8.88. The van der Waals surface area contributed by atoms with Gasteiger partial charge < -0.3 is 14.4 Å². The molecule has 2 aromatic rings. The second-order valence-electron chi connectivity index (χ2n) is 6.34. The van der Waals surface area contributed by atoms with Gasteiger partial charge in [-0.1, -0.05) is 17.7 Å². The minimum Gasteiger partial charge on any atom is -0.469 e. The molecule has 0 aliphatic carbocycles. The minimum atomic E-state index is -0.653. The van der Waals surface area contributed by atoms with Gasteiger partial charge in [0, 0.05) is 25.4 Å². The van der Waals surface area contributed by atoms with Crippen molar-refractivity contribution in [3.63, 3.8) is 0 Å². The molecule has 0 atom stereocenters. The Bertz CT molecular complexity index is 915. The smallest absolute Gasteiger partial charge is 0.331 e. The number of nitrogens with zero attached hydrogens (tertiary/aromatic N) is 3. The highest BCUT2D eigenvalue weighted by atomic mass is 35.5. The van der Waals surface area contributed by atoms with E-state index in [0.29, 0.717) is 37.3 Å². The summed E-state index contributed by atoms with van der Waals surface area (Å²) in [6.07, 6.45) is 5.56. The number of halogens is 1. The number of pyridine rings is 1.